The first kappa shape index (κ1) is 20.6. The molecule has 0 aliphatic rings. The SMILES string of the molecule is CC(C)c1ccc(C(CC(=O)c2ccc(Br)cc2)Nc2cccc(Cl)c2)cc1. The third kappa shape index (κ3) is 5.46. The average molecular weight is 457 g/mol. The predicted octanol–water partition coefficient (Wildman–Crippen LogP) is 7.65. The molecule has 3 rings (SSSR count). The summed E-state index contributed by atoms with van der Waals surface area (Å²) in [5.41, 5.74) is 3.97. The summed E-state index contributed by atoms with van der Waals surface area (Å²) < 4.78 is 0.960. The lowest BCUT2D eigenvalue weighted by atomic mass is 9.95. The number of carbonyl (C=O) groups is 1. The molecule has 0 heterocycles. The van der Waals surface area contributed by atoms with Gasteiger partial charge in [0.25, 0.3) is 0 Å². The molecule has 3 aromatic rings. The maximum Gasteiger partial charge on any atom is 0.165 e. The quantitative estimate of drug-likeness (QED) is 0.370. The molecule has 0 bridgehead atoms. The van der Waals surface area contributed by atoms with E-state index in [4.69, 9.17) is 11.6 Å². The lowest BCUT2D eigenvalue weighted by molar-refractivity contribution is 0.0976. The Morgan fingerprint density at radius 2 is 1.61 bits per heavy atom. The van der Waals surface area contributed by atoms with Crippen molar-refractivity contribution in [1.82, 2.24) is 0 Å². The van der Waals surface area contributed by atoms with Crippen LogP contribution in [0.4, 0.5) is 5.69 Å². The number of halogens is 2. The van der Waals surface area contributed by atoms with E-state index in [-0.39, 0.29) is 11.8 Å². The summed E-state index contributed by atoms with van der Waals surface area (Å²) in [6.45, 7) is 4.35. The van der Waals surface area contributed by atoms with Gasteiger partial charge >= 0.3 is 0 Å². The summed E-state index contributed by atoms with van der Waals surface area (Å²) in [5.74, 6) is 0.567. The highest BCUT2D eigenvalue weighted by Crippen LogP contribution is 2.27. The molecule has 1 N–H and O–H groups in total. The minimum atomic E-state index is -0.143. The highest BCUT2D eigenvalue weighted by molar-refractivity contribution is 9.10. The molecular weight excluding hydrogens is 434 g/mol. The Morgan fingerprint density at radius 3 is 2.21 bits per heavy atom. The summed E-state index contributed by atoms with van der Waals surface area (Å²) in [6.07, 6.45) is 0.356. The van der Waals surface area contributed by atoms with Crippen molar-refractivity contribution in [3.8, 4) is 0 Å². The number of anilines is 1. The van der Waals surface area contributed by atoms with Gasteiger partial charge in [-0.2, -0.15) is 0 Å². The second-order valence-electron chi connectivity index (χ2n) is 7.16. The zero-order chi connectivity index (χ0) is 20.1. The van der Waals surface area contributed by atoms with Crippen molar-refractivity contribution in [3.63, 3.8) is 0 Å². The molecule has 0 amide bonds. The van der Waals surface area contributed by atoms with Crippen LogP contribution in [0.15, 0.2) is 77.3 Å². The molecule has 0 aliphatic heterocycles. The third-order valence-corrected chi connectivity index (χ3v) is 5.49. The van der Waals surface area contributed by atoms with Crippen LogP contribution >= 0.6 is 27.5 Å². The molecule has 0 saturated heterocycles. The van der Waals surface area contributed by atoms with E-state index in [0.29, 0.717) is 22.9 Å². The Kier molecular flexibility index (Phi) is 6.93. The molecule has 3 aromatic carbocycles. The number of carbonyl (C=O) groups excluding carboxylic acids is 1. The van der Waals surface area contributed by atoms with Gasteiger partial charge in [0.1, 0.15) is 0 Å². The Balaban J connectivity index is 1.86. The Hall–Kier alpha value is -2.10. The number of nitrogens with one attached hydrogen (secondary N) is 1. The molecule has 1 unspecified atom stereocenters. The van der Waals surface area contributed by atoms with Crippen LogP contribution in [0, 0.1) is 0 Å². The second-order valence-corrected chi connectivity index (χ2v) is 8.51. The maximum atomic E-state index is 12.9. The number of Topliss-reactive ketones (excluding diaryl/α,β-unsaturated/α-hetero) is 1. The summed E-state index contributed by atoms with van der Waals surface area (Å²) in [7, 11) is 0. The van der Waals surface area contributed by atoms with Gasteiger partial charge in [-0.1, -0.05) is 83.8 Å². The zero-order valence-electron chi connectivity index (χ0n) is 16.0. The predicted molar refractivity (Wildman–Crippen MR) is 121 cm³/mol. The van der Waals surface area contributed by atoms with Gasteiger partial charge in [0.2, 0.25) is 0 Å². The molecule has 0 radical (unpaired) electrons. The van der Waals surface area contributed by atoms with Crippen LogP contribution in [0.5, 0.6) is 0 Å². The second kappa shape index (κ2) is 9.40. The molecule has 4 heteroatoms. The highest BCUT2D eigenvalue weighted by Gasteiger charge is 2.18. The van der Waals surface area contributed by atoms with Crippen LogP contribution in [-0.2, 0) is 0 Å². The van der Waals surface area contributed by atoms with Crippen molar-refractivity contribution in [2.24, 2.45) is 0 Å². The van der Waals surface area contributed by atoms with Crippen molar-refractivity contribution in [2.75, 3.05) is 5.32 Å². The highest BCUT2D eigenvalue weighted by atomic mass is 79.9. The number of hydrogen-bond acceptors (Lipinski definition) is 2. The molecule has 1 atom stereocenters. The largest absolute Gasteiger partial charge is 0.378 e. The molecular formula is C24H23BrClNO. The first-order valence-corrected chi connectivity index (χ1v) is 10.5. The van der Waals surface area contributed by atoms with E-state index in [1.165, 1.54) is 5.56 Å². The Bertz CT molecular complexity index is 936. The number of rotatable bonds is 7. The summed E-state index contributed by atoms with van der Waals surface area (Å²) in [5, 5.41) is 4.15. The van der Waals surface area contributed by atoms with Crippen LogP contribution in [0.2, 0.25) is 5.02 Å². The van der Waals surface area contributed by atoms with Gasteiger partial charge in [-0.05, 0) is 47.4 Å². The smallest absolute Gasteiger partial charge is 0.165 e. The summed E-state index contributed by atoms with van der Waals surface area (Å²) >= 11 is 9.55. The molecule has 0 aliphatic carbocycles. The molecule has 28 heavy (non-hydrogen) atoms. The lowest BCUT2D eigenvalue weighted by Crippen LogP contribution is -2.16. The van der Waals surface area contributed by atoms with Gasteiger partial charge in [-0.3, -0.25) is 4.79 Å². The Morgan fingerprint density at radius 1 is 0.964 bits per heavy atom. The lowest BCUT2D eigenvalue weighted by Gasteiger charge is -2.21. The fourth-order valence-electron chi connectivity index (χ4n) is 3.08. The van der Waals surface area contributed by atoms with Crippen molar-refractivity contribution in [2.45, 2.75) is 32.2 Å². The molecule has 0 fully saturated rings. The van der Waals surface area contributed by atoms with Gasteiger partial charge in [0.05, 0.1) is 6.04 Å². The molecule has 0 aromatic heterocycles. The van der Waals surface area contributed by atoms with Crippen LogP contribution in [-0.4, -0.2) is 5.78 Å². The van der Waals surface area contributed by atoms with Gasteiger partial charge in [0, 0.05) is 27.2 Å². The third-order valence-electron chi connectivity index (χ3n) is 4.73. The summed E-state index contributed by atoms with van der Waals surface area (Å²) in [6, 6.07) is 23.4. The summed E-state index contributed by atoms with van der Waals surface area (Å²) in [4.78, 5) is 12.9. The molecule has 2 nitrogen and oxygen atoms in total. The topological polar surface area (TPSA) is 29.1 Å². The fourth-order valence-corrected chi connectivity index (χ4v) is 3.54. The van der Waals surface area contributed by atoms with E-state index in [1.807, 2.05) is 48.5 Å². The maximum absolute atomic E-state index is 12.9. The first-order valence-electron chi connectivity index (χ1n) is 9.33. The van der Waals surface area contributed by atoms with Crippen LogP contribution in [0.1, 0.15) is 53.7 Å². The van der Waals surface area contributed by atoms with E-state index >= 15 is 0 Å². The van der Waals surface area contributed by atoms with Gasteiger partial charge in [-0.15, -0.1) is 0 Å². The number of benzene rings is 3. The number of hydrogen-bond donors (Lipinski definition) is 1. The average Bonchev–Trinajstić information content (AvgIpc) is 2.68. The van der Waals surface area contributed by atoms with Crippen molar-refractivity contribution < 1.29 is 4.79 Å². The standard InChI is InChI=1S/C24H23BrClNO/c1-16(2)17-6-8-18(9-7-17)23(27-22-5-3-4-21(26)14-22)15-24(28)19-10-12-20(25)13-11-19/h3-14,16,23,27H,15H2,1-2H3. The van der Waals surface area contributed by atoms with Gasteiger partial charge in [-0.25, -0.2) is 0 Å². The van der Waals surface area contributed by atoms with Crippen LogP contribution in [0.25, 0.3) is 0 Å². The van der Waals surface area contributed by atoms with Crippen molar-refractivity contribution >= 4 is 39.0 Å². The van der Waals surface area contributed by atoms with E-state index in [2.05, 4.69) is 59.4 Å². The van der Waals surface area contributed by atoms with Crippen LogP contribution < -0.4 is 5.32 Å². The van der Waals surface area contributed by atoms with E-state index in [0.717, 1.165) is 15.7 Å². The monoisotopic (exact) mass is 455 g/mol. The van der Waals surface area contributed by atoms with Crippen molar-refractivity contribution in [1.29, 1.82) is 0 Å². The minimum Gasteiger partial charge on any atom is -0.378 e. The fraction of sp³-hybridized carbons (Fsp3) is 0.208. The molecule has 0 saturated carbocycles. The normalized spacial score (nSPS) is 12.0. The van der Waals surface area contributed by atoms with Gasteiger partial charge in [0.15, 0.2) is 5.78 Å². The van der Waals surface area contributed by atoms with E-state index < -0.39 is 0 Å². The Labute approximate surface area is 180 Å². The van der Waals surface area contributed by atoms with E-state index in [9.17, 15) is 4.79 Å². The zero-order valence-corrected chi connectivity index (χ0v) is 18.3. The van der Waals surface area contributed by atoms with E-state index in [1.54, 1.807) is 0 Å². The molecule has 144 valence electrons. The molecule has 0 spiro atoms. The van der Waals surface area contributed by atoms with Crippen molar-refractivity contribution in [3.05, 3.63) is 99.0 Å². The first-order chi connectivity index (χ1) is 13.4. The minimum absolute atomic E-state index is 0.0972. The number of ketones is 1. The van der Waals surface area contributed by atoms with Gasteiger partial charge < -0.3 is 5.32 Å². The van der Waals surface area contributed by atoms with Crippen LogP contribution in [0.3, 0.4) is 0 Å².